The van der Waals surface area contributed by atoms with Gasteiger partial charge in [-0.1, -0.05) is 39.8 Å². The summed E-state index contributed by atoms with van der Waals surface area (Å²) in [5.41, 5.74) is 3.94. The van der Waals surface area contributed by atoms with Crippen LogP contribution in [0.15, 0.2) is 46.0 Å². The zero-order valence-corrected chi connectivity index (χ0v) is 20.1. The maximum absolute atomic E-state index is 13.0. The van der Waals surface area contributed by atoms with Crippen LogP contribution in [0.5, 0.6) is 0 Å². The molecule has 3 aromatic rings. The Bertz CT molecular complexity index is 1020. The normalized spacial score (nSPS) is 11.0. The third-order valence-corrected chi connectivity index (χ3v) is 6.91. The highest BCUT2D eigenvalue weighted by molar-refractivity contribution is 9.10. The zero-order chi connectivity index (χ0) is 21.7. The molecule has 0 saturated carbocycles. The van der Waals surface area contributed by atoms with Gasteiger partial charge in [0.25, 0.3) is 0 Å². The van der Waals surface area contributed by atoms with Gasteiger partial charge in [-0.15, -0.1) is 22.0 Å². The predicted molar refractivity (Wildman–Crippen MR) is 125 cm³/mol. The molecular weight excluding hydrogens is 487 g/mol. The van der Waals surface area contributed by atoms with E-state index in [1.54, 1.807) is 23.9 Å². The Labute approximate surface area is 192 Å². The van der Waals surface area contributed by atoms with Gasteiger partial charge in [-0.25, -0.2) is 4.39 Å². The predicted octanol–water partition coefficient (Wildman–Crippen LogP) is 5.50. The number of nitrogens with zero attached hydrogens (tertiary/aromatic N) is 3. The summed E-state index contributed by atoms with van der Waals surface area (Å²) in [4.78, 5) is 12.4. The van der Waals surface area contributed by atoms with E-state index >= 15 is 0 Å². The van der Waals surface area contributed by atoms with Crippen molar-refractivity contribution in [3.63, 3.8) is 0 Å². The Morgan fingerprint density at radius 2 is 1.80 bits per heavy atom. The average molecular weight is 509 g/mol. The number of nitrogens with one attached hydrogen (secondary N) is 1. The summed E-state index contributed by atoms with van der Waals surface area (Å²) < 4.78 is 15.9. The van der Waals surface area contributed by atoms with Gasteiger partial charge in [0.05, 0.1) is 11.5 Å². The standard InChI is InChI=1S/C21H22BrFN4OS2/c1-13-8-16(22)9-14(2)20(13)24-19(28)12-30-21-26-25-18(27(21)3)11-29-10-15-4-6-17(23)7-5-15/h4-9H,10-12H2,1-3H3,(H,24,28). The second-order valence-corrected chi connectivity index (χ2v) is 9.67. The number of carbonyl (C=O) groups is 1. The summed E-state index contributed by atoms with van der Waals surface area (Å²) in [6, 6.07) is 10.5. The van der Waals surface area contributed by atoms with Crippen LogP contribution >= 0.6 is 39.5 Å². The van der Waals surface area contributed by atoms with Gasteiger partial charge in [0, 0.05) is 23.0 Å². The molecule has 3 rings (SSSR count). The van der Waals surface area contributed by atoms with E-state index in [1.165, 1.54) is 23.9 Å². The summed E-state index contributed by atoms with van der Waals surface area (Å²) in [6.07, 6.45) is 0. The maximum Gasteiger partial charge on any atom is 0.234 e. The van der Waals surface area contributed by atoms with Crippen LogP contribution in [0.3, 0.4) is 0 Å². The fourth-order valence-electron chi connectivity index (χ4n) is 2.85. The van der Waals surface area contributed by atoms with Gasteiger partial charge in [-0.2, -0.15) is 0 Å². The minimum atomic E-state index is -0.229. The first-order valence-electron chi connectivity index (χ1n) is 9.23. The second-order valence-electron chi connectivity index (χ2n) is 6.83. The van der Waals surface area contributed by atoms with E-state index in [2.05, 4.69) is 31.4 Å². The fraction of sp³-hybridized carbons (Fsp3) is 0.286. The van der Waals surface area contributed by atoms with Crippen molar-refractivity contribution in [1.29, 1.82) is 0 Å². The number of hydrogen-bond donors (Lipinski definition) is 1. The van der Waals surface area contributed by atoms with Crippen molar-refractivity contribution in [2.45, 2.75) is 30.5 Å². The lowest BCUT2D eigenvalue weighted by atomic mass is 10.1. The molecule has 0 unspecified atom stereocenters. The van der Waals surface area contributed by atoms with Gasteiger partial charge in [0.1, 0.15) is 11.6 Å². The van der Waals surface area contributed by atoms with Crippen LogP contribution in [0.2, 0.25) is 0 Å². The van der Waals surface area contributed by atoms with E-state index in [-0.39, 0.29) is 17.5 Å². The maximum atomic E-state index is 13.0. The molecule has 2 aromatic carbocycles. The van der Waals surface area contributed by atoms with Crippen LogP contribution in [0.25, 0.3) is 0 Å². The number of benzene rings is 2. The smallest absolute Gasteiger partial charge is 0.234 e. The summed E-state index contributed by atoms with van der Waals surface area (Å²) in [5.74, 6) is 2.24. The SMILES string of the molecule is Cc1cc(Br)cc(C)c1NC(=O)CSc1nnc(CSCc2ccc(F)cc2)n1C. The number of thioether (sulfide) groups is 2. The number of aryl methyl sites for hydroxylation is 2. The molecule has 0 atom stereocenters. The molecule has 9 heteroatoms. The molecule has 1 aromatic heterocycles. The van der Waals surface area contributed by atoms with Crippen LogP contribution in [0.1, 0.15) is 22.5 Å². The molecular formula is C21H22BrFN4OS2. The number of halogens is 2. The lowest BCUT2D eigenvalue weighted by Crippen LogP contribution is -2.16. The molecule has 0 aliphatic heterocycles. The molecule has 0 fully saturated rings. The van der Waals surface area contributed by atoms with Gasteiger partial charge in [-0.3, -0.25) is 4.79 Å². The molecule has 158 valence electrons. The molecule has 30 heavy (non-hydrogen) atoms. The Kier molecular flexibility index (Phi) is 7.96. The number of anilines is 1. The zero-order valence-electron chi connectivity index (χ0n) is 16.9. The molecule has 1 N–H and O–H groups in total. The largest absolute Gasteiger partial charge is 0.325 e. The topological polar surface area (TPSA) is 59.8 Å². The molecule has 0 saturated heterocycles. The van der Waals surface area contributed by atoms with Crippen molar-refractivity contribution >= 4 is 51.0 Å². The fourth-order valence-corrected chi connectivity index (χ4v) is 5.23. The lowest BCUT2D eigenvalue weighted by Gasteiger charge is -2.12. The van der Waals surface area contributed by atoms with E-state index < -0.39 is 0 Å². The van der Waals surface area contributed by atoms with Crippen LogP contribution in [0.4, 0.5) is 10.1 Å². The van der Waals surface area contributed by atoms with Gasteiger partial charge in [0.15, 0.2) is 5.16 Å². The quantitative estimate of drug-likeness (QED) is 0.407. The van der Waals surface area contributed by atoms with Crippen LogP contribution in [-0.4, -0.2) is 26.4 Å². The summed E-state index contributed by atoms with van der Waals surface area (Å²) in [7, 11) is 1.90. The molecule has 0 spiro atoms. The first kappa shape index (κ1) is 22.8. The minimum Gasteiger partial charge on any atom is -0.325 e. The third kappa shape index (κ3) is 6.09. The van der Waals surface area contributed by atoms with Crippen molar-refractivity contribution in [3.05, 3.63) is 69.2 Å². The number of aromatic nitrogens is 3. The van der Waals surface area contributed by atoms with Gasteiger partial charge < -0.3 is 9.88 Å². The van der Waals surface area contributed by atoms with Crippen LogP contribution in [-0.2, 0) is 23.3 Å². The molecule has 0 radical (unpaired) electrons. The Hall–Kier alpha value is -1.84. The monoisotopic (exact) mass is 508 g/mol. The summed E-state index contributed by atoms with van der Waals surface area (Å²) in [6.45, 7) is 3.94. The lowest BCUT2D eigenvalue weighted by molar-refractivity contribution is -0.113. The highest BCUT2D eigenvalue weighted by Gasteiger charge is 2.13. The number of carbonyl (C=O) groups excluding carboxylic acids is 1. The molecule has 5 nitrogen and oxygen atoms in total. The molecule has 0 aliphatic carbocycles. The van der Waals surface area contributed by atoms with E-state index in [0.717, 1.165) is 38.4 Å². The Morgan fingerprint density at radius 3 is 2.47 bits per heavy atom. The highest BCUT2D eigenvalue weighted by Crippen LogP contribution is 2.26. The second kappa shape index (κ2) is 10.5. The molecule has 0 bridgehead atoms. The summed E-state index contributed by atoms with van der Waals surface area (Å²) >= 11 is 6.51. The molecule has 1 heterocycles. The van der Waals surface area contributed by atoms with Gasteiger partial charge in [-0.05, 0) is 54.8 Å². The third-order valence-electron chi connectivity index (χ3n) is 4.43. The highest BCUT2D eigenvalue weighted by atomic mass is 79.9. The summed E-state index contributed by atoms with van der Waals surface area (Å²) in [5, 5.41) is 12.1. The van der Waals surface area contributed by atoms with Crippen molar-refractivity contribution in [3.8, 4) is 0 Å². The van der Waals surface area contributed by atoms with Crippen molar-refractivity contribution < 1.29 is 9.18 Å². The minimum absolute atomic E-state index is 0.0799. The first-order chi connectivity index (χ1) is 14.3. The number of hydrogen-bond acceptors (Lipinski definition) is 5. The van der Waals surface area contributed by atoms with Crippen LogP contribution < -0.4 is 5.32 Å². The molecule has 1 amide bonds. The van der Waals surface area contributed by atoms with E-state index in [1.807, 2.05) is 37.6 Å². The van der Waals surface area contributed by atoms with Crippen molar-refractivity contribution in [2.75, 3.05) is 11.1 Å². The van der Waals surface area contributed by atoms with Crippen LogP contribution in [0, 0.1) is 19.7 Å². The Balaban J connectivity index is 1.51. The molecule has 0 aliphatic rings. The van der Waals surface area contributed by atoms with Gasteiger partial charge in [0.2, 0.25) is 5.91 Å². The number of amides is 1. The first-order valence-corrected chi connectivity index (χ1v) is 12.2. The van der Waals surface area contributed by atoms with E-state index in [9.17, 15) is 9.18 Å². The van der Waals surface area contributed by atoms with E-state index in [4.69, 9.17) is 0 Å². The Morgan fingerprint density at radius 1 is 1.13 bits per heavy atom. The van der Waals surface area contributed by atoms with Crippen molar-refractivity contribution in [2.24, 2.45) is 7.05 Å². The van der Waals surface area contributed by atoms with E-state index in [0.29, 0.717) is 10.9 Å². The van der Waals surface area contributed by atoms with Gasteiger partial charge >= 0.3 is 0 Å². The number of rotatable bonds is 8. The average Bonchev–Trinajstić information content (AvgIpc) is 3.04. The van der Waals surface area contributed by atoms with Crippen molar-refractivity contribution in [1.82, 2.24) is 14.8 Å².